The van der Waals surface area contributed by atoms with Gasteiger partial charge in [-0.25, -0.2) is 4.79 Å². The van der Waals surface area contributed by atoms with Crippen LogP contribution < -0.4 is 0 Å². The first-order valence-corrected chi connectivity index (χ1v) is 10.2. The average Bonchev–Trinajstić information content (AvgIpc) is 2.28. The molecule has 18 heavy (non-hydrogen) atoms. The van der Waals surface area contributed by atoms with Gasteiger partial charge in [-0.05, 0) is 26.2 Å². The summed E-state index contributed by atoms with van der Waals surface area (Å²) in [6.45, 7) is 8.97. The summed E-state index contributed by atoms with van der Waals surface area (Å²) >= 11 is 0. The lowest BCUT2D eigenvalue weighted by molar-refractivity contribution is -0.205. The predicted octanol–water partition coefficient (Wildman–Crippen LogP) is 2.68. The van der Waals surface area contributed by atoms with Crippen LogP contribution in [-0.4, -0.2) is 43.7 Å². The Bertz CT molecular complexity index is 309. The Morgan fingerprint density at radius 2 is 1.83 bits per heavy atom. The van der Waals surface area contributed by atoms with Crippen molar-refractivity contribution in [2.45, 2.75) is 63.1 Å². The molecule has 2 unspecified atom stereocenters. The van der Waals surface area contributed by atoms with Crippen LogP contribution >= 0.6 is 0 Å². The summed E-state index contributed by atoms with van der Waals surface area (Å²) in [7, 11) is -0.368. The van der Waals surface area contributed by atoms with Crippen molar-refractivity contribution in [1.29, 1.82) is 0 Å². The number of hydrogen-bond acceptors (Lipinski definition) is 3. The molecule has 1 saturated carbocycles. The van der Waals surface area contributed by atoms with Crippen LogP contribution in [0.5, 0.6) is 0 Å². The van der Waals surface area contributed by atoms with Gasteiger partial charge in [-0.2, -0.15) is 0 Å². The van der Waals surface area contributed by atoms with Crippen LogP contribution in [0.2, 0.25) is 19.6 Å². The minimum absolute atomic E-state index is 0.530. The molecule has 0 amide bonds. The van der Waals surface area contributed by atoms with Crippen LogP contribution in [0.15, 0.2) is 0 Å². The summed E-state index contributed by atoms with van der Waals surface area (Å²) in [6.07, 6.45) is 3.24. The largest absolute Gasteiger partial charge is 0.479 e. The molecule has 1 N–H and O–H groups in total. The second-order valence-corrected chi connectivity index (χ2v) is 11.4. The highest BCUT2D eigenvalue weighted by Gasteiger charge is 2.65. The molecule has 0 heterocycles. The van der Waals surface area contributed by atoms with Crippen molar-refractivity contribution in [2.75, 3.05) is 13.7 Å². The third-order valence-corrected chi connectivity index (χ3v) is 7.48. The molecule has 2 atom stereocenters. The van der Waals surface area contributed by atoms with Crippen LogP contribution in [0.3, 0.4) is 0 Å². The molecule has 1 aliphatic carbocycles. The number of carboxylic acids is 1. The first-order chi connectivity index (χ1) is 8.27. The van der Waals surface area contributed by atoms with Crippen molar-refractivity contribution in [3.05, 3.63) is 0 Å². The van der Waals surface area contributed by atoms with Gasteiger partial charge in [0.1, 0.15) is 0 Å². The molecule has 0 radical (unpaired) electrons. The number of carboxylic acid groups (broad SMARTS) is 1. The van der Waals surface area contributed by atoms with Gasteiger partial charge in [0.15, 0.2) is 5.60 Å². The van der Waals surface area contributed by atoms with Gasteiger partial charge < -0.3 is 14.6 Å². The molecule has 106 valence electrons. The second-order valence-electron chi connectivity index (χ2n) is 6.05. The Kier molecular flexibility index (Phi) is 4.62. The fourth-order valence-corrected chi connectivity index (χ4v) is 6.47. The molecule has 0 aliphatic heterocycles. The monoisotopic (exact) mass is 274 g/mol. The van der Waals surface area contributed by atoms with Gasteiger partial charge in [-0.1, -0.05) is 26.1 Å². The molecular weight excluding hydrogens is 248 g/mol. The molecule has 0 aromatic carbocycles. The zero-order chi connectivity index (χ0) is 14.0. The lowest BCUT2D eigenvalue weighted by Crippen LogP contribution is -2.73. The SMILES string of the molecule is CCOC1([Si](C)(C)C)CCCCC1(OC)C(=O)O. The number of methoxy groups -OCH3 is 1. The van der Waals surface area contributed by atoms with Gasteiger partial charge in [0.25, 0.3) is 0 Å². The Labute approximate surface area is 111 Å². The molecule has 0 bridgehead atoms. The van der Waals surface area contributed by atoms with Gasteiger partial charge in [-0.15, -0.1) is 0 Å². The van der Waals surface area contributed by atoms with Gasteiger partial charge in [0, 0.05) is 13.7 Å². The van der Waals surface area contributed by atoms with Gasteiger partial charge in [0.2, 0.25) is 0 Å². The highest BCUT2D eigenvalue weighted by Crippen LogP contribution is 2.48. The van der Waals surface area contributed by atoms with E-state index in [1.807, 2.05) is 6.92 Å². The maximum atomic E-state index is 11.9. The summed E-state index contributed by atoms with van der Waals surface area (Å²) in [5.74, 6) is -0.874. The minimum Gasteiger partial charge on any atom is -0.479 e. The molecule has 5 heteroatoms. The minimum atomic E-state index is -1.87. The Balaban J connectivity index is 3.37. The summed E-state index contributed by atoms with van der Waals surface area (Å²) in [5, 5.41) is 9.10. The van der Waals surface area contributed by atoms with E-state index in [4.69, 9.17) is 9.47 Å². The zero-order valence-corrected chi connectivity index (χ0v) is 13.2. The number of hydrogen-bond donors (Lipinski definition) is 1. The molecule has 1 aliphatic rings. The van der Waals surface area contributed by atoms with E-state index in [2.05, 4.69) is 19.6 Å². The van der Waals surface area contributed by atoms with Crippen LogP contribution in [-0.2, 0) is 14.3 Å². The van der Waals surface area contributed by atoms with Crippen molar-refractivity contribution in [2.24, 2.45) is 0 Å². The smallest absolute Gasteiger partial charge is 0.338 e. The standard InChI is InChI=1S/C13H26O4Si/c1-6-17-13(18(3,4)5)10-8-7-9-12(13,16-2)11(14)15/h6-10H2,1-5H3,(H,14,15). The van der Waals surface area contributed by atoms with Gasteiger partial charge in [0.05, 0.1) is 13.3 Å². The number of rotatable bonds is 5. The second kappa shape index (κ2) is 5.31. The van der Waals surface area contributed by atoms with Crippen molar-refractivity contribution in [3.8, 4) is 0 Å². The molecule has 0 saturated heterocycles. The van der Waals surface area contributed by atoms with Crippen molar-refractivity contribution in [3.63, 3.8) is 0 Å². The van der Waals surface area contributed by atoms with E-state index in [0.717, 1.165) is 19.3 Å². The zero-order valence-electron chi connectivity index (χ0n) is 12.2. The molecule has 1 fully saturated rings. The summed E-state index contributed by atoms with van der Waals surface area (Å²) in [5.41, 5.74) is -1.17. The lowest BCUT2D eigenvalue weighted by atomic mass is 9.80. The Hall–Kier alpha value is -0.393. The van der Waals surface area contributed by atoms with Crippen molar-refractivity contribution in [1.82, 2.24) is 0 Å². The highest BCUT2D eigenvalue weighted by molar-refractivity contribution is 6.79. The quantitative estimate of drug-likeness (QED) is 0.783. The van der Waals surface area contributed by atoms with E-state index >= 15 is 0 Å². The summed E-state index contributed by atoms with van der Waals surface area (Å²) in [6, 6.07) is 0. The maximum absolute atomic E-state index is 11.9. The molecule has 1 rings (SSSR count). The lowest BCUT2D eigenvalue weighted by Gasteiger charge is -2.55. The van der Waals surface area contributed by atoms with Crippen LogP contribution in [0, 0.1) is 0 Å². The number of aliphatic carboxylic acids is 1. The average molecular weight is 274 g/mol. The molecular formula is C13H26O4Si. The van der Waals surface area contributed by atoms with Crippen LogP contribution in [0.25, 0.3) is 0 Å². The van der Waals surface area contributed by atoms with E-state index in [-0.39, 0.29) is 0 Å². The van der Waals surface area contributed by atoms with E-state index in [1.54, 1.807) is 0 Å². The molecule has 0 aromatic heterocycles. The van der Waals surface area contributed by atoms with Crippen LogP contribution in [0.1, 0.15) is 32.6 Å². The van der Waals surface area contributed by atoms with Gasteiger partial charge >= 0.3 is 5.97 Å². The Morgan fingerprint density at radius 1 is 1.28 bits per heavy atom. The van der Waals surface area contributed by atoms with Gasteiger partial charge in [-0.3, -0.25) is 0 Å². The first-order valence-electron chi connectivity index (χ1n) is 6.70. The fraction of sp³-hybridized carbons (Fsp3) is 0.923. The van der Waals surface area contributed by atoms with Crippen molar-refractivity contribution >= 4 is 14.0 Å². The summed E-state index contributed by atoms with van der Waals surface area (Å²) in [4.78, 5) is 11.9. The third kappa shape index (κ3) is 2.12. The molecule has 0 aromatic rings. The van der Waals surface area contributed by atoms with E-state index in [0.29, 0.717) is 13.0 Å². The number of carbonyl (C=O) groups is 1. The molecule has 0 spiro atoms. The molecule has 4 nitrogen and oxygen atoms in total. The summed E-state index contributed by atoms with van der Waals surface area (Å²) < 4.78 is 11.6. The van der Waals surface area contributed by atoms with E-state index in [9.17, 15) is 9.90 Å². The van der Waals surface area contributed by atoms with Crippen LogP contribution in [0.4, 0.5) is 0 Å². The Morgan fingerprint density at radius 3 is 2.22 bits per heavy atom. The van der Waals surface area contributed by atoms with Crippen molar-refractivity contribution < 1.29 is 19.4 Å². The fourth-order valence-electron chi connectivity index (χ4n) is 3.42. The number of ether oxygens (including phenoxy) is 2. The van der Waals surface area contributed by atoms with E-state index < -0.39 is 24.9 Å². The normalized spacial score (nSPS) is 33.4. The predicted molar refractivity (Wildman–Crippen MR) is 73.5 cm³/mol. The topological polar surface area (TPSA) is 55.8 Å². The maximum Gasteiger partial charge on any atom is 0.338 e. The van der Waals surface area contributed by atoms with E-state index in [1.165, 1.54) is 7.11 Å². The first kappa shape index (κ1) is 15.7. The third-order valence-electron chi connectivity index (χ3n) is 4.26. The highest BCUT2D eigenvalue weighted by atomic mass is 28.3.